The second kappa shape index (κ2) is 2.93. The molecule has 3 rings (SSSR count). The summed E-state index contributed by atoms with van der Waals surface area (Å²) in [4.78, 5) is 4.49. The monoisotopic (exact) mass is 260 g/mol. The van der Waals surface area contributed by atoms with Gasteiger partial charge in [0.2, 0.25) is 0 Å². The number of nitrogens with zero attached hydrogens (tertiary/aromatic N) is 2. The Morgan fingerprint density at radius 1 is 1.40 bits per heavy atom. The fraction of sp³-hybridized carbons (Fsp3) is 0.333. The van der Waals surface area contributed by atoms with Crippen LogP contribution in [0.2, 0.25) is 0 Å². The van der Waals surface area contributed by atoms with E-state index in [9.17, 15) is 5.26 Å². The normalized spacial score (nSPS) is 31.7. The molecule has 0 N–H and O–H groups in total. The number of benzene rings is 1. The standard InChI is InChI=1S/C12H9BrN2/c13-10-3-1-8(2-4-10)11-12(7-14)5-9(12)6-15-11/h1-4,9H,5-6H2/t9-,12+/m0/s1. The maximum Gasteiger partial charge on any atom is 0.104 e. The number of hydrogen-bond acceptors (Lipinski definition) is 2. The highest BCUT2D eigenvalue weighted by atomic mass is 79.9. The van der Waals surface area contributed by atoms with Crippen molar-refractivity contribution in [3.63, 3.8) is 0 Å². The van der Waals surface area contributed by atoms with E-state index in [2.05, 4.69) is 27.0 Å². The van der Waals surface area contributed by atoms with E-state index >= 15 is 0 Å². The first-order valence-corrected chi connectivity index (χ1v) is 5.78. The van der Waals surface area contributed by atoms with Crippen molar-refractivity contribution in [2.75, 3.05) is 6.54 Å². The van der Waals surface area contributed by atoms with Crippen molar-refractivity contribution >= 4 is 21.6 Å². The van der Waals surface area contributed by atoms with Gasteiger partial charge in [-0.15, -0.1) is 0 Å². The van der Waals surface area contributed by atoms with Crippen LogP contribution >= 0.6 is 15.9 Å². The average Bonchev–Trinajstić information content (AvgIpc) is 2.88. The fourth-order valence-corrected chi connectivity index (χ4v) is 2.59. The summed E-state index contributed by atoms with van der Waals surface area (Å²) in [6.45, 7) is 0.832. The quantitative estimate of drug-likeness (QED) is 0.765. The van der Waals surface area contributed by atoms with Gasteiger partial charge in [0.25, 0.3) is 0 Å². The van der Waals surface area contributed by atoms with Crippen LogP contribution in [0, 0.1) is 22.7 Å². The maximum absolute atomic E-state index is 9.21. The second-order valence-electron chi connectivity index (χ2n) is 4.18. The second-order valence-corrected chi connectivity index (χ2v) is 5.10. The molecule has 0 unspecified atom stereocenters. The van der Waals surface area contributed by atoms with Gasteiger partial charge >= 0.3 is 0 Å². The van der Waals surface area contributed by atoms with Gasteiger partial charge in [0.1, 0.15) is 5.41 Å². The van der Waals surface area contributed by atoms with Gasteiger partial charge in [-0.1, -0.05) is 28.1 Å². The number of fused-ring (bicyclic) bond motifs is 1. The molecule has 2 atom stereocenters. The summed E-state index contributed by atoms with van der Waals surface area (Å²) in [5, 5.41) is 9.21. The summed E-state index contributed by atoms with van der Waals surface area (Å²) in [7, 11) is 0. The molecule has 74 valence electrons. The van der Waals surface area contributed by atoms with Gasteiger partial charge in [-0.05, 0) is 24.1 Å². The van der Waals surface area contributed by atoms with Crippen molar-refractivity contribution < 1.29 is 0 Å². The lowest BCUT2D eigenvalue weighted by Gasteiger charge is -2.07. The molecule has 1 aromatic carbocycles. The summed E-state index contributed by atoms with van der Waals surface area (Å²) in [5.41, 5.74) is 1.86. The van der Waals surface area contributed by atoms with Crippen LogP contribution in [0.3, 0.4) is 0 Å². The number of rotatable bonds is 1. The van der Waals surface area contributed by atoms with Gasteiger partial charge in [-0.3, -0.25) is 4.99 Å². The highest BCUT2D eigenvalue weighted by Crippen LogP contribution is 2.58. The van der Waals surface area contributed by atoms with Crippen molar-refractivity contribution in [1.82, 2.24) is 0 Å². The maximum atomic E-state index is 9.21. The molecule has 1 aromatic rings. The number of nitriles is 1. The smallest absolute Gasteiger partial charge is 0.104 e. The lowest BCUT2D eigenvalue weighted by atomic mass is 9.95. The highest BCUT2D eigenvalue weighted by Gasteiger charge is 2.61. The van der Waals surface area contributed by atoms with E-state index in [1.807, 2.05) is 24.3 Å². The molecule has 0 radical (unpaired) electrons. The topological polar surface area (TPSA) is 36.1 Å². The molecule has 15 heavy (non-hydrogen) atoms. The molecule has 0 saturated heterocycles. The molecule has 1 aliphatic heterocycles. The third-order valence-corrected chi connectivity index (χ3v) is 3.84. The van der Waals surface area contributed by atoms with Crippen molar-refractivity contribution in [2.45, 2.75) is 6.42 Å². The van der Waals surface area contributed by atoms with E-state index in [1.54, 1.807) is 0 Å². The summed E-state index contributed by atoms with van der Waals surface area (Å²) in [5.74, 6) is 0.487. The molecule has 0 bridgehead atoms. The number of hydrogen-bond donors (Lipinski definition) is 0. The van der Waals surface area contributed by atoms with Gasteiger partial charge in [0.15, 0.2) is 0 Å². The highest BCUT2D eigenvalue weighted by molar-refractivity contribution is 9.10. The SMILES string of the molecule is N#C[C@]12C[C@H]1CN=C2c1ccc(Br)cc1. The van der Waals surface area contributed by atoms with Gasteiger partial charge in [0, 0.05) is 16.9 Å². The van der Waals surface area contributed by atoms with Crippen LogP contribution in [-0.2, 0) is 0 Å². The first-order chi connectivity index (χ1) is 7.26. The van der Waals surface area contributed by atoms with Crippen molar-refractivity contribution in [1.29, 1.82) is 5.26 Å². The summed E-state index contributed by atoms with van der Waals surface area (Å²) in [6, 6.07) is 10.5. The van der Waals surface area contributed by atoms with Crippen LogP contribution in [0.1, 0.15) is 12.0 Å². The predicted octanol–water partition coefficient (Wildman–Crippen LogP) is 2.78. The Labute approximate surface area is 96.8 Å². The molecule has 1 aliphatic carbocycles. The van der Waals surface area contributed by atoms with E-state index in [0.717, 1.165) is 28.7 Å². The van der Waals surface area contributed by atoms with Gasteiger partial charge in [-0.25, -0.2) is 0 Å². The van der Waals surface area contributed by atoms with Crippen molar-refractivity contribution in [2.24, 2.45) is 16.3 Å². The first-order valence-electron chi connectivity index (χ1n) is 4.98. The molecule has 0 amide bonds. The van der Waals surface area contributed by atoms with Crippen LogP contribution in [0.5, 0.6) is 0 Å². The fourth-order valence-electron chi connectivity index (χ4n) is 2.33. The molecule has 2 aliphatic rings. The molecular weight excluding hydrogens is 252 g/mol. The Kier molecular flexibility index (Phi) is 1.78. The number of aliphatic imine (C=N–C) groups is 1. The molecular formula is C12H9BrN2. The van der Waals surface area contributed by atoms with Crippen LogP contribution in [0.15, 0.2) is 33.7 Å². The molecule has 1 heterocycles. The molecule has 0 spiro atoms. The summed E-state index contributed by atoms with van der Waals surface area (Å²) < 4.78 is 1.06. The van der Waals surface area contributed by atoms with Crippen LogP contribution in [0.4, 0.5) is 0 Å². The lowest BCUT2D eigenvalue weighted by Crippen LogP contribution is -2.13. The van der Waals surface area contributed by atoms with Gasteiger partial charge in [0.05, 0.1) is 11.8 Å². The number of halogens is 1. The zero-order valence-corrected chi connectivity index (χ0v) is 9.66. The Bertz CT molecular complexity index is 483. The molecule has 1 fully saturated rings. The first kappa shape index (κ1) is 9.11. The third kappa shape index (κ3) is 1.18. The Morgan fingerprint density at radius 3 is 2.73 bits per heavy atom. The Balaban J connectivity index is 2.02. The largest absolute Gasteiger partial charge is 0.287 e. The predicted molar refractivity (Wildman–Crippen MR) is 61.7 cm³/mol. The molecule has 1 saturated carbocycles. The van der Waals surface area contributed by atoms with E-state index in [4.69, 9.17) is 0 Å². The molecule has 0 aromatic heterocycles. The lowest BCUT2D eigenvalue weighted by molar-refractivity contribution is 0.802. The van der Waals surface area contributed by atoms with Gasteiger partial charge in [-0.2, -0.15) is 5.26 Å². The van der Waals surface area contributed by atoms with E-state index in [0.29, 0.717) is 5.92 Å². The van der Waals surface area contributed by atoms with Crippen LogP contribution < -0.4 is 0 Å². The summed E-state index contributed by atoms with van der Waals surface area (Å²) in [6.07, 6.45) is 0.998. The Morgan fingerprint density at radius 2 is 2.13 bits per heavy atom. The Hall–Kier alpha value is -1.14. The van der Waals surface area contributed by atoms with E-state index < -0.39 is 0 Å². The minimum atomic E-state index is -0.242. The average molecular weight is 261 g/mol. The van der Waals surface area contributed by atoms with E-state index in [1.165, 1.54) is 0 Å². The summed E-state index contributed by atoms with van der Waals surface area (Å²) >= 11 is 3.41. The van der Waals surface area contributed by atoms with Crippen molar-refractivity contribution in [3.8, 4) is 6.07 Å². The van der Waals surface area contributed by atoms with Crippen LogP contribution in [0.25, 0.3) is 0 Å². The van der Waals surface area contributed by atoms with Crippen LogP contribution in [-0.4, -0.2) is 12.3 Å². The van der Waals surface area contributed by atoms with E-state index in [-0.39, 0.29) is 5.41 Å². The van der Waals surface area contributed by atoms with Crippen molar-refractivity contribution in [3.05, 3.63) is 34.3 Å². The minimum absolute atomic E-state index is 0.242. The zero-order chi connectivity index (χ0) is 10.5. The third-order valence-electron chi connectivity index (χ3n) is 3.31. The molecule has 2 nitrogen and oxygen atoms in total. The minimum Gasteiger partial charge on any atom is -0.287 e. The zero-order valence-electron chi connectivity index (χ0n) is 8.07. The molecule has 3 heteroatoms. The van der Waals surface area contributed by atoms with Gasteiger partial charge < -0.3 is 0 Å².